The van der Waals surface area contributed by atoms with Crippen LogP contribution in [0, 0.1) is 18.8 Å². The second kappa shape index (κ2) is 7.95. The fraction of sp³-hybridized carbons (Fsp3) is 0.500. The number of benzene rings is 1. The lowest BCUT2D eigenvalue weighted by Gasteiger charge is -2.27. The van der Waals surface area contributed by atoms with Gasteiger partial charge in [0.2, 0.25) is 11.8 Å². The van der Waals surface area contributed by atoms with Gasteiger partial charge in [0.25, 0.3) is 0 Å². The summed E-state index contributed by atoms with van der Waals surface area (Å²) in [5.41, 5.74) is 2.11. The molecule has 0 aromatic heterocycles. The van der Waals surface area contributed by atoms with E-state index in [4.69, 9.17) is 0 Å². The zero-order valence-electron chi connectivity index (χ0n) is 14.1. The summed E-state index contributed by atoms with van der Waals surface area (Å²) in [5, 5.41) is 14.9. The topological polar surface area (TPSA) is 95.5 Å². The van der Waals surface area contributed by atoms with Crippen molar-refractivity contribution in [2.45, 2.75) is 46.0 Å². The molecule has 2 rings (SSSR count). The number of nitrogens with one attached hydrogen (secondary N) is 2. The maximum Gasteiger partial charge on any atom is 0.307 e. The molecule has 2 atom stereocenters. The maximum absolute atomic E-state index is 12.5. The molecule has 6 nitrogen and oxygen atoms in total. The lowest BCUT2D eigenvalue weighted by molar-refractivity contribution is -0.147. The monoisotopic (exact) mass is 332 g/mol. The maximum atomic E-state index is 12.5. The SMILES string of the molecule is CCC(=O)Nc1cc(NC(=O)C2CCCCC2C(=O)O)ccc1C. The Bertz CT molecular complexity index is 642. The highest BCUT2D eigenvalue weighted by Crippen LogP contribution is 2.31. The molecule has 0 saturated heterocycles. The average Bonchev–Trinajstić information content (AvgIpc) is 2.57. The minimum absolute atomic E-state index is 0.0974. The number of aliphatic carboxylic acids is 1. The van der Waals surface area contributed by atoms with Gasteiger partial charge in [-0.25, -0.2) is 0 Å². The highest BCUT2D eigenvalue weighted by Gasteiger charge is 2.35. The number of hydrogen-bond donors (Lipinski definition) is 3. The fourth-order valence-electron chi connectivity index (χ4n) is 3.05. The van der Waals surface area contributed by atoms with Crippen LogP contribution in [0.5, 0.6) is 0 Å². The van der Waals surface area contributed by atoms with Gasteiger partial charge in [0.1, 0.15) is 0 Å². The lowest BCUT2D eigenvalue weighted by Crippen LogP contribution is -2.36. The smallest absolute Gasteiger partial charge is 0.307 e. The molecule has 2 amide bonds. The second-order valence-corrected chi connectivity index (χ2v) is 6.26. The third-order valence-electron chi connectivity index (χ3n) is 4.52. The van der Waals surface area contributed by atoms with E-state index in [-0.39, 0.29) is 11.8 Å². The molecule has 130 valence electrons. The highest BCUT2D eigenvalue weighted by atomic mass is 16.4. The predicted octanol–water partition coefficient (Wildman–Crippen LogP) is 3.17. The Hall–Kier alpha value is -2.37. The number of aryl methyl sites for hydroxylation is 1. The van der Waals surface area contributed by atoms with E-state index >= 15 is 0 Å². The second-order valence-electron chi connectivity index (χ2n) is 6.26. The molecule has 0 aliphatic heterocycles. The Morgan fingerprint density at radius 1 is 1.12 bits per heavy atom. The highest BCUT2D eigenvalue weighted by molar-refractivity contribution is 5.97. The summed E-state index contributed by atoms with van der Waals surface area (Å²) < 4.78 is 0. The van der Waals surface area contributed by atoms with Crippen molar-refractivity contribution in [1.82, 2.24) is 0 Å². The molecule has 2 unspecified atom stereocenters. The van der Waals surface area contributed by atoms with Crippen molar-refractivity contribution in [1.29, 1.82) is 0 Å². The van der Waals surface area contributed by atoms with Gasteiger partial charge in [0.15, 0.2) is 0 Å². The molecule has 0 heterocycles. The number of carbonyl (C=O) groups excluding carboxylic acids is 2. The van der Waals surface area contributed by atoms with Crippen LogP contribution in [0.1, 0.15) is 44.6 Å². The molecule has 1 fully saturated rings. The molecular formula is C18H24N2O4. The first kappa shape index (κ1) is 18.0. The molecule has 6 heteroatoms. The molecule has 0 bridgehead atoms. The number of rotatable bonds is 5. The Kier molecular flexibility index (Phi) is 5.95. The van der Waals surface area contributed by atoms with Gasteiger partial charge in [-0.15, -0.1) is 0 Å². The molecule has 0 radical (unpaired) electrons. The number of amides is 2. The summed E-state index contributed by atoms with van der Waals surface area (Å²) in [6, 6.07) is 5.28. The Morgan fingerprint density at radius 3 is 2.42 bits per heavy atom. The molecule has 3 N–H and O–H groups in total. The summed E-state index contributed by atoms with van der Waals surface area (Å²) in [7, 11) is 0. The summed E-state index contributed by atoms with van der Waals surface area (Å²) in [6.07, 6.45) is 3.22. The summed E-state index contributed by atoms with van der Waals surface area (Å²) in [6.45, 7) is 3.64. The van der Waals surface area contributed by atoms with Crippen molar-refractivity contribution in [3.05, 3.63) is 23.8 Å². The Labute approximate surface area is 141 Å². The van der Waals surface area contributed by atoms with Crippen molar-refractivity contribution in [3.8, 4) is 0 Å². The molecule has 1 aromatic rings. The third-order valence-corrected chi connectivity index (χ3v) is 4.52. The molecule has 24 heavy (non-hydrogen) atoms. The minimum Gasteiger partial charge on any atom is -0.481 e. The van der Waals surface area contributed by atoms with Crippen molar-refractivity contribution < 1.29 is 19.5 Å². The van der Waals surface area contributed by atoms with Crippen LogP contribution in [0.4, 0.5) is 11.4 Å². The molecule has 1 saturated carbocycles. The van der Waals surface area contributed by atoms with E-state index in [0.717, 1.165) is 18.4 Å². The Balaban J connectivity index is 2.12. The lowest BCUT2D eigenvalue weighted by atomic mass is 9.78. The molecule has 0 spiro atoms. The summed E-state index contributed by atoms with van der Waals surface area (Å²) >= 11 is 0. The van der Waals surface area contributed by atoms with Gasteiger partial charge in [-0.2, -0.15) is 0 Å². The van der Waals surface area contributed by atoms with Crippen molar-refractivity contribution in [2.24, 2.45) is 11.8 Å². The number of carboxylic acids is 1. The van der Waals surface area contributed by atoms with Gasteiger partial charge >= 0.3 is 5.97 Å². The van der Waals surface area contributed by atoms with Crippen LogP contribution in [0.2, 0.25) is 0 Å². The van der Waals surface area contributed by atoms with Crippen LogP contribution >= 0.6 is 0 Å². The van der Waals surface area contributed by atoms with Crippen LogP contribution in [0.25, 0.3) is 0 Å². The van der Waals surface area contributed by atoms with Crippen LogP contribution in [0.15, 0.2) is 18.2 Å². The van der Waals surface area contributed by atoms with Crippen molar-refractivity contribution >= 4 is 29.2 Å². The first-order valence-electron chi connectivity index (χ1n) is 8.36. The summed E-state index contributed by atoms with van der Waals surface area (Å²) in [4.78, 5) is 35.4. The standard InChI is InChI=1S/C18H24N2O4/c1-3-16(21)20-15-10-12(9-8-11(15)2)19-17(22)13-6-4-5-7-14(13)18(23)24/h8-10,13-14H,3-7H2,1-2H3,(H,19,22)(H,20,21)(H,23,24). The van der Waals surface area contributed by atoms with E-state index in [0.29, 0.717) is 30.6 Å². The van der Waals surface area contributed by atoms with E-state index in [2.05, 4.69) is 10.6 Å². The number of carboxylic acid groups (broad SMARTS) is 1. The number of carbonyl (C=O) groups is 3. The molecule has 1 aromatic carbocycles. The van der Waals surface area contributed by atoms with Crippen LogP contribution in [0.3, 0.4) is 0 Å². The zero-order chi connectivity index (χ0) is 17.7. The quantitative estimate of drug-likeness (QED) is 0.771. The van der Waals surface area contributed by atoms with E-state index in [1.165, 1.54) is 0 Å². The first-order chi connectivity index (χ1) is 11.4. The van der Waals surface area contributed by atoms with Gasteiger partial charge < -0.3 is 15.7 Å². The van der Waals surface area contributed by atoms with Gasteiger partial charge in [-0.05, 0) is 37.5 Å². The van der Waals surface area contributed by atoms with Crippen LogP contribution < -0.4 is 10.6 Å². The largest absolute Gasteiger partial charge is 0.481 e. The van der Waals surface area contributed by atoms with E-state index in [1.54, 1.807) is 19.1 Å². The van der Waals surface area contributed by atoms with E-state index < -0.39 is 17.8 Å². The van der Waals surface area contributed by atoms with Gasteiger partial charge in [0.05, 0.1) is 11.8 Å². The van der Waals surface area contributed by atoms with Crippen molar-refractivity contribution in [3.63, 3.8) is 0 Å². The fourth-order valence-corrected chi connectivity index (χ4v) is 3.05. The number of hydrogen-bond acceptors (Lipinski definition) is 3. The molecule has 1 aliphatic carbocycles. The van der Waals surface area contributed by atoms with Crippen LogP contribution in [-0.2, 0) is 14.4 Å². The Morgan fingerprint density at radius 2 is 1.79 bits per heavy atom. The van der Waals surface area contributed by atoms with Crippen molar-refractivity contribution in [2.75, 3.05) is 10.6 Å². The van der Waals surface area contributed by atoms with Gasteiger partial charge in [0, 0.05) is 17.8 Å². The third kappa shape index (κ3) is 4.34. The van der Waals surface area contributed by atoms with E-state index in [1.807, 2.05) is 13.0 Å². The molecular weight excluding hydrogens is 308 g/mol. The molecule has 1 aliphatic rings. The van der Waals surface area contributed by atoms with Gasteiger partial charge in [-0.3, -0.25) is 14.4 Å². The normalized spacial score (nSPS) is 20.2. The van der Waals surface area contributed by atoms with E-state index in [9.17, 15) is 19.5 Å². The summed E-state index contributed by atoms with van der Waals surface area (Å²) in [5.74, 6) is -2.40. The first-order valence-corrected chi connectivity index (χ1v) is 8.36. The van der Waals surface area contributed by atoms with Gasteiger partial charge in [-0.1, -0.05) is 25.8 Å². The number of anilines is 2. The average molecular weight is 332 g/mol. The predicted molar refractivity (Wildman–Crippen MR) is 91.8 cm³/mol. The zero-order valence-corrected chi connectivity index (χ0v) is 14.1. The minimum atomic E-state index is -0.908. The van der Waals surface area contributed by atoms with Crippen LogP contribution in [-0.4, -0.2) is 22.9 Å².